The maximum Gasteiger partial charge on any atom is 0.231 e. The van der Waals surface area contributed by atoms with Crippen molar-refractivity contribution < 1.29 is 18.7 Å². The molecule has 0 radical (unpaired) electrons. The van der Waals surface area contributed by atoms with E-state index in [1.807, 2.05) is 19.9 Å². The van der Waals surface area contributed by atoms with Gasteiger partial charge < -0.3 is 9.47 Å². The average molecular weight is 324 g/mol. The maximum atomic E-state index is 13.3. The lowest BCUT2D eigenvalue weighted by Crippen LogP contribution is -1.98. The normalized spacial score (nSPS) is 14.3. The molecule has 122 valence electrons. The van der Waals surface area contributed by atoms with Crippen LogP contribution >= 0.6 is 0 Å². The summed E-state index contributed by atoms with van der Waals surface area (Å²) in [6, 6.07) is 11.1. The third kappa shape index (κ3) is 3.54. The Kier molecular flexibility index (Phi) is 4.47. The molecule has 3 rings (SSSR count). The van der Waals surface area contributed by atoms with Gasteiger partial charge in [-0.2, -0.15) is 0 Å². The molecule has 1 aliphatic rings. The fraction of sp³-hybridized carbons (Fsp3) is 0.150. The van der Waals surface area contributed by atoms with E-state index in [1.54, 1.807) is 30.3 Å². The second-order valence-electron chi connectivity index (χ2n) is 5.75. The van der Waals surface area contributed by atoms with Crippen LogP contribution in [-0.2, 0) is 0 Å². The number of carbonyl (C=O) groups excluding carboxylic acids is 1. The minimum Gasteiger partial charge on any atom is -0.489 e. The first-order valence-corrected chi connectivity index (χ1v) is 7.63. The van der Waals surface area contributed by atoms with Crippen LogP contribution in [0.2, 0.25) is 0 Å². The number of halogens is 1. The summed E-state index contributed by atoms with van der Waals surface area (Å²) in [6.45, 7) is 4.45. The van der Waals surface area contributed by atoms with Crippen molar-refractivity contribution in [2.45, 2.75) is 13.8 Å². The molecule has 24 heavy (non-hydrogen) atoms. The first kappa shape index (κ1) is 16.0. The summed E-state index contributed by atoms with van der Waals surface area (Å²) >= 11 is 0. The highest BCUT2D eigenvalue weighted by atomic mass is 19.1. The Morgan fingerprint density at radius 2 is 2.04 bits per heavy atom. The predicted octanol–water partition coefficient (Wildman–Crippen LogP) is 4.79. The molecule has 0 saturated carbocycles. The number of rotatable bonds is 4. The lowest BCUT2D eigenvalue weighted by atomic mass is 10.1. The molecule has 0 amide bonds. The van der Waals surface area contributed by atoms with Crippen LogP contribution in [-0.4, -0.2) is 12.4 Å². The van der Waals surface area contributed by atoms with Gasteiger partial charge in [0.1, 0.15) is 23.9 Å². The van der Waals surface area contributed by atoms with Crippen LogP contribution in [0.1, 0.15) is 29.8 Å². The van der Waals surface area contributed by atoms with E-state index in [1.165, 1.54) is 23.8 Å². The minimum atomic E-state index is -0.359. The second-order valence-corrected chi connectivity index (χ2v) is 5.75. The molecule has 0 atom stereocenters. The third-order valence-electron chi connectivity index (χ3n) is 3.53. The van der Waals surface area contributed by atoms with E-state index >= 15 is 0 Å². The summed E-state index contributed by atoms with van der Waals surface area (Å²) in [6.07, 6.45) is 3.50. The molecule has 1 heterocycles. The van der Waals surface area contributed by atoms with Crippen molar-refractivity contribution in [1.82, 2.24) is 0 Å². The Morgan fingerprint density at radius 1 is 1.21 bits per heavy atom. The van der Waals surface area contributed by atoms with Crippen LogP contribution in [0.15, 0.2) is 59.9 Å². The molecule has 0 unspecified atom stereocenters. The Bertz CT molecular complexity index is 846. The lowest BCUT2D eigenvalue weighted by Gasteiger charge is -2.05. The Hall–Kier alpha value is -2.88. The summed E-state index contributed by atoms with van der Waals surface area (Å²) < 4.78 is 24.5. The average Bonchev–Trinajstić information content (AvgIpc) is 2.83. The lowest BCUT2D eigenvalue weighted by molar-refractivity contribution is 0.101. The first-order chi connectivity index (χ1) is 11.5. The monoisotopic (exact) mass is 324 g/mol. The third-order valence-corrected chi connectivity index (χ3v) is 3.53. The van der Waals surface area contributed by atoms with Crippen LogP contribution in [0.3, 0.4) is 0 Å². The Balaban J connectivity index is 1.81. The van der Waals surface area contributed by atoms with E-state index in [0.717, 1.165) is 0 Å². The van der Waals surface area contributed by atoms with Gasteiger partial charge in [-0.1, -0.05) is 17.7 Å². The number of fused-ring (bicyclic) bond motifs is 1. The fourth-order valence-corrected chi connectivity index (χ4v) is 2.31. The van der Waals surface area contributed by atoms with Gasteiger partial charge in [0, 0.05) is 6.07 Å². The zero-order chi connectivity index (χ0) is 17.1. The van der Waals surface area contributed by atoms with Gasteiger partial charge in [0.15, 0.2) is 5.76 Å². The van der Waals surface area contributed by atoms with E-state index in [2.05, 4.69) is 0 Å². The van der Waals surface area contributed by atoms with Crippen molar-refractivity contribution in [2.24, 2.45) is 0 Å². The number of hydrogen-bond acceptors (Lipinski definition) is 3. The molecule has 0 bridgehead atoms. The standard InChI is InChI=1S/C20H17FO3/c1-13(2)8-9-23-16-6-7-17-18(12-16)24-19(20(17)22)11-14-4-3-5-15(21)10-14/h3-8,10-12H,9H2,1-2H3. The summed E-state index contributed by atoms with van der Waals surface area (Å²) in [5, 5.41) is 0. The number of benzene rings is 2. The summed E-state index contributed by atoms with van der Waals surface area (Å²) in [7, 11) is 0. The van der Waals surface area contributed by atoms with Crippen molar-refractivity contribution in [2.75, 3.05) is 6.61 Å². The number of hydrogen-bond donors (Lipinski definition) is 0. The number of ketones is 1. The SMILES string of the molecule is CC(C)=CCOc1ccc2c(c1)OC(=Cc1cccc(F)c1)C2=O. The van der Waals surface area contributed by atoms with Crippen LogP contribution in [0.5, 0.6) is 11.5 Å². The molecule has 0 spiro atoms. The van der Waals surface area contributed by atoms with Gasteiger partial charge in [-0.15, -0.1) is 0 Å². The molecule has 0 aromatic heterocycles. The van der Waals surface area contributed by atoms with Gasteiger partial charge in [-0.3, -0.25) is 4.79 Å². The molecule has 1 aliphatic heterocycles. The summed E-state index contributed by atoms with van der Waals surface area (Å²) in [5.41, 5.74) is 2.22. The highest BCUT2D eigenvalue weighted by Gasteiger charge is 2.27. The van der Waals surface area contributed by atoms with Crippen molar-refractivity contribution >= 4 is 11.9 Å². The number of allylic oxidation sites excluding steroid dienone is 2. The van der Waals surface area contributed by atoms with E-state index in [-0.39, 0.29) is 17.4 Å². The van der Waals surface area contributed by atoms with Gasteiger partial charge in [-0.25, -0.2) is 4.39 Å². The molecule has 0 aliphatic carbocycles. The molecular weight excluding hydrogens is 307 g/mol. The quantitative estimate of drug-likeness (QED) is 0.599. The first-order valence-electron chi connectivity index (χ1n) is 7.63. The number of ether oxygens (including phenoxy) is 2. The van der Waals surface area contributed by atoms with Crippen molar-refractivity contribution in [3.63, 3.8) is 0 Å². The Labute approximate surface area is 140 Å². The van der Waals surface area contributed by atoms with Gasteiger partial charge in [0.25, 0.3) is 0 Å². The zero-order valence-corrected chi connectivity index (χ0v) is 13.5. The Morgan fingerprint density at radius 3 is 2.79 bits per heavy atom. The van der Waals surface area contributed by atoms with Gasteiger partial charge in [0.05, 0.1) is 5.56 Å². The van der Waals surface area contributed by atoms with E-state index in [9.17, 15) is 9.18 Å². The fourth-order valence-electron chi connectivity index (χ4n) is 2.31. The largest absolute Gasteiger partial charge is 0.489 e. The van der Waals surface area contributed by atoms with E-state index in [0.29, 0.717) is 29.2 Å². The van der Waals surface area contributed by atoms with E-state index in [4.69, 9.17) is 9.47 Å². The smallest absolute Gasteiger partial charge is 0.231 e. The van der Waals surface area contributed by atoms with Crippen LogP contribution < -0.4 is 9.47 Å². The zero-order valence-electron chi connectivity index (χ0n) is 13.5. The number of carbonyl (C=O) groups is 1. The van der Waals surface area contributed by atoms with Gasteiger partial charge >= 0.3 is 0 Å². The van der Waals surface area contributed by atoms with Crippen molar-refractivity contribution in [3.05, 3.63) is 76.8 Å². The molecule has 0 fully saturated rings. The molecule has 2 aromatic rings. The molecule has 2 aromatic carbocycles. The minimum absolute atomic E-state index is 0.178. The second kappa shape index (κ2) is 6.71. The molecule has 3 nitrogen and oxygen atoms in total. The maximum absolute atomic E-state index is 13.3. The van der Waals surface area contributed by atoms with Crippen LogP contribution in [0, 0.1) is 5.82 Å². The highest BCUT2D eigenvalue weighted by molar-refractivity contribution is 6.14. The summed E-state index contributed by atoms with van der Waals surface area (Å²) in [4.78, 5) is 12.4. The number of Topliss-reactive ketones (excluding diaryl/α,β-unsaturated/α-hetero) is 1. The molecule has 4 heteroatoms. The highest BCUT2D eigenvalue weighted by Crippen LogP contribution is 2.34. The van der Waals surface area contributed by atoms with E-state index < -0.39 is 0 Å². The molecule has 0 N–H and O–H groups in total. The van der Waals surface area contributed by atoms with Gasteiger partial charge in [0.2, 0.25) is 5.78 Å². The van der Waals surface area contributed by atoms with Crippen LogP contribution in [0.4, 0.5) is 4.39 Å². The van der Waals surface area contributed by atoms with Crippen molar-refractivity contribution in [3.8, 4) is 11.5 Å². The van der Waals surface area contributed by atoms with Gasteiger partial charge in [-0.05, 0) is 55.8 Å². The summed E-state index contributed by atoms with van der Waals surface area (Å²) in [5.74, 6) is 0.688. The predicted molar refractivity (Wildman–Crippen MR) is 90.7 cm³/mol. The van der Waals surface area contributed by atoms with Crippen LogP contribution in [0.25, 0.3) is 6.08 Å². The van der Waals surface area contributed by atoms with Crippen molar-refractivity contribution in [1.29, 1.82) is 0 Å². The molecule has 0 saturated heterocycles. The molecular formula is C20H17FO3. The topological polar surface area (TPSA) is 35.5 Å².